The zero-order valence-corrected chi connectivity index (χ0v) is 9.74. The average molecular weight is 225 g/mol. The summed E-state index contributed by atoms with van der Waals surface area (Å²) in [4.78, 5) is 27.0. The van der Waals surface area contributed by atoms with Gasteiger partial charge < -0.3 is 15.1 Å². The molecule has 5 nitrogen and oxygen atoms in total. The van der Waals surface area contributed by atoms with Crippen molar-refractivity contribution in [3.05, 3.63) is 0 Å². The van der Waals surface area contributed by atoms with Gasteiger partial charge in [-0.25, -0.2) is 0 Å². The maximum absolute atomic E-state index is 11.8. The van der Waals surface area contributed by atoms with Crippen molar-refractivity contribution in [3.63, 3.8) is 0 Å². The summed E-state index contributed by atoms with van der Waals surface area (Å²) < 4.78 is 0. The lowest BCUT2D eigenvalue weighted by Crippen LogP contribution is -2.52. The van der Waals surface area contributed by atoms with Crippen molar-refractivity contribution in [3.8, 4) is 0 Å². The highest BCUT2D eigenvalue weighted by atomic mass is 16.2. The maximum atomic E-state index is 11.8. The number of nitrogens with one attached hydrogen (secondary N) is 1. The van der Waals surface area contributed by atoms with E-state index in [0.29, 0.717) is 0 Å². The lowest BCUT2D eigenvalue weighted by molar-refractivity contribution is -0.142. The van der Waals surface area contributed by atoms with Crippen molar-refractivity contribution in [2.45, 2.75) is 12.8 Å². The van der Waals surface area contributed by atoms with Gasteiger partial charge in [-0.15, -0.1) is 0 Å². The fourth-order valence-electron chi connectivity index (χ4n) is 2.12. The molecule has 90 valence electrons. The van der Waals surface area contributed by atoms with E-state index in [0.717, 1.165) is 39.0 Å². The molecule has 2 aliphatic heterocycles. The van der Waals surface area contributed by atoms with Gasteiger partial charge in [-0.2, -0.15) is 0 Å². The lowest BCUT2D eigenvalue weighted by Gasteiger charge is -2.30. The molecule has 0 aromatic carbocycles. The first-order valence-electron chi connectivity index (χ1n) is 5.92. The standard InChI is InChI=1S/C11H19N3O2/c1-13(11(16)9-6-12-7-9)8-10(15)14-4-2-3-5-14/h9,12H,2-8H2,1H3. The third kappa shape index (κ3) is 2.35. The van der Waals surface area contributed by atoms with E-state index in [1.165, 1.54) is 0 Å². The van der Waals surface area contributed by atoms with Gasteiger partial charge in [0.1, 0.15) is 0 Å². The van der Waals surface area contributed by atoms with E-state index in [2.05, 4.69) is 5.32 Å². The van der Waals surface area contributed by atoms with Crippen LogP contribution in [0.1, 0.15) is 12.8 Å². The number of rotatable bonds is 3. The van der Waals surface area contributed by atoms with Gasteiger partial charge in [-0.05, 0) is 12.8 Å². The normalized spacial score (nSPS) is 20.7. The Morgan fingerprint density at radius 1 is 1.31 bits per heavy atom. The molecular weight excluding hydrogens is 206 g/mol. The largest absolute Gasteiger partial charge is 0.341 e. The van der Waals surface area contributed by atoms with E-state index < -0.39 is 0 Å². The average Bonchev–Trinajstić information content (AvgIpc) is 2.67. The van der Waals surface area contributed by atoms with Gasteiger partial charge in [-0.3, -0.25) is 9.59 Å². The van der Waals surface area contributed by atoms with Crippen LogP contribution in [-0.4, -0.2) is 61.4 Å². The van der Waals surface area contributed by atoms with Crippen LogP contribution in [0, 0.1) is 5.92 Å². The van der Waals surface area contributed by atoms with Gasteiger partial charge >= 0.3 is 0 Å². The van der Waals surface area contributed by atoms with Gasteiger partial charge in [0.05, 0.1) is 12.5 Å². The molecule has 0 unspecified atom stereocenters. The summed E-state index contributed by atoms with van der Waals surface area (Å²) >= 11 is 0. The summed E-state index contributed by atoms with van der Waals surface area (Å²) in [6.07, 6.45) is 2.19. The molecule has 0 saturated carbocycles. The molecule has 16 heavy (non-hydrogen) atoms. The first-order valence-corrected chi connectivity index (χ1v) is 5.92. The Morgan fingerprint density at radius 3 is 2.44 bits per heavy atom. The third-order valence-electron chi connectivity index (χ3n) is 3.34. The molecule has 2 aliphatic rings. The quantitative estimate of drug-likeness (QED) is 0.690. The molecule has 0 aliphatic carbocycles. The molecule has 5 heteroatoms. The first-order chi connectivity index (χ1) is 7.68. The highest BCUT2D eigenvalue weighted by molar-refractivity contribution is 5.86. The van der Waals surface area contributed by atoms with Gasteiger partial charge in [-0.1, -0.05) is 0 Å². The maximum Gasteiger partial charge on any atom is 0.242 e. The Balaban J connectivity index is 1.78. The van der Waals surface area contributed by atoms with Crippen LogP contribution < -0.4 is 5.32 Å². The molecule has 2 heterocycles. The third-order valence-corrected chi connectivity index (χ3v) is 3.34. The van der Waals surface area contributed by atoms with Gasteiger partial charge in [0.2, 0.25) is 11.8 Å². The van der Waals surface area contributed by atoms with E-state index in [9.17, 15) is 9.59 Å². The first kappa shape index (κ1) is 11.4. The highest BCUT2D eigenvalue weighted by Gasteiger charge is 2.29. The molecule has 2 amide bonds. The highest BCUT2D eigenvalue weighted by Crippen LogP contribution is 2.10. The van der Waals surface area contributed by atoms with Crippen LogP contribution in [0.2, 0.25) is 0 Å². The van der Waals surface area contributed by atoms with Crippen LogP contribution in [-0.2, 0) is 9.59 Å². The second kappa shape index (κ2) is 4.82. The van der Waals surface area contributed by atoms with Crippen molar-refractivity contribution < 1.29 is 9.59 Å². The van der Waals surface area contributed by atoms with E-state index in [1.807, 2.05) is 4.90 Å². The molecule has 0 atom stereocenters. The lowest BCUT2D eigenvalue weighted by atomic mass is 10.0. The van der Waals surface area contributed by atoms with Gasteiger partial charge in [0.15, 0.2) is 0 Å². The molecule has 0 spiro atoms. The van der Waals surface area contributed by atoms with E-state index in [-0.39, 0.29) is 24.3 Å². The molecule has 2 rings (SSSR count). The number of likely N-dealkylation sites (tertiary alicyclic amines) is 1. The fraction of sp³-hybridized carbons (Fsp3) is 0.818. The number of carbonyl (C=O) groups excluding carboxylic acids is 2. The number of amides is 2. The second-order valence-corrected chi connectivity index (χ2v) is 4.64. The van der Waals surface area contributed by atoms with Gasteiger partial charge in [0.25, 0.3) is 0 Å². The van der Waals surface area contributed by atoms with Crippen LogP contribution in [0.5, 0.6) is 0 Å². The van der Waals surface area contributed by atoms with Crippen LogP contribution in [0.3, 0.4) is 0 Å². The summed E-state index contributed by atoms with van der Waals surface area (Å²) in [5, 5.41) is 3.06. The number of carbonyl (C=O) groups is 2. The number of nitrogens with zero attached hydrogens (tertiary/aromatic N) is 2. The topological polar surface area (TPSA) is 52.7 Å². The minimum atomic E-state index is 0.0800. The Labute approximate surface area is 95.8 Å². The van der Waals surface area contributed by atoms with Crippen molar-refractivity contribution in [1.82, 2.24) is 15.1 Å². The predicted molar refractivity (Wildman–Crippen MR) is 59.8 cm³/mol. The van der Waals surface area contributed by atoms with Crippen molar-refractivity contribution in [1.29, 1.82) is 0 Å². The zero-order chi connectivity index (χ0) is 11.5. The molecule has 2 fully saturated rings. The Bertz CT molecular complexity index is 283. The summed E-state index contributed by atoms with van der Waals surface area (Å²) in [6.45, 7) is 3.44. The zero-order valence-electron chi connectivity index (χ0n) is 9.74. The minimum absolute atomic E-state index is 0.0800. The Morgan fingerprint density at radius 2 is 1.94 bits per heavy atom. The molecule has 2 saturated heterocycles. The summed E-state index contributed by atoms with van der Waals surface area (Å²) in [6, 6.07) is 0. The van der Waals surface area contributed by atoms with E-state index in [4.69, 9.17) is 0 Å². The summed E-state index contributed by atoms with van der Waals surface area (Å²) in [5.41, 5.74) is 0. The SMILES string of the molecule is CN(CC(=O)N1CCCC1)C(=O)C1CNC1. The van der Waals surface area contributed by atoms with E-state index >= 15 is 0 Å². The monoisotopic (exact) mass is 225 g/mol. The van der Waals surface area contributed by atoms with Crippen LogP contribution in [0.4, 0.5) is 0 Å². The Hall–Kier alpha value is -1.10. The molecule has 0 radical (unpaired) electrons. The molecule has 0 aromatic rings. The minimum Gasteiger partial charge on any atom is -0.341 e. The predicted octanol–water partition coefficient (Wildman–Crippen LogP) is -0.713. The smallest absolute Gasteiger partial charge is 0.242 e. The van der Waals surface area contributed by atoms with Crippen molar-refractivity contribution in [2.75, 3.05) is 39.8 Å². The summed E-state index contributed by atoms with van der Waals surface area (Å²) in [5.74, 6) is 0.253. The molecule has 0 aromatic heterocycles. The van der Waals surface area contributed by atoms with Gasteiger partial charge in [0, 0.05) is 33.2 Å². The summed E-state index contributed by atoms with van der Waals surface area (Å²) in [7, 11) is 1.72. The van der Waals surface area contributed by atoms with Crippen LogP contribution in [0.25, 0.3) is 0 Å². The molecule has 0 bridgehead atoms. The Kier molecular flexibility index (Phi) is 3.43. The fourth-order valence-corrected chi connectivity index (χ4v) is 2.12. The van der Waals surface area contributed by atoms with Crippen LogP contribution in [0.15, 0.2) is 0 Å². The number of hydrogen-bond donors (Lipinski definition) is 1. The van der Waals surface area contributed by atoms with E-state index in [1.54, 1.807) is 11.9 Å². The van der Waals surface area contributed by atoms with Crippen LogP contribution >= 0.6 is 0 Å². The van der Waals surface area contributed by atoms with Crippen molar-refractivity contribution >= 4 is 11.8 Å². The molecular formula is C11H19N3O2. The number of likely N-dealkylation sites (N-methyl/N-ethyl adjacent to an activating group) is 1. The second-order valence-electron chi connectivity index (χ2n) is 4.64. The number of hydrogen-bond acceptors (Lipinski definition) is 3. The van der Waals surface area contributed by atoms with Crippen molar-refractivity contribution in [2.24, 2.45) is 5.92 Å². The molecule has 1 N–H and O–H groups in total.